The van der Waals surface area contributed by atoms with Crippen molar-refractivity contribution in [3.63, 3.8) is 0 Å². The van der Waals surface area contributed by atoms with Gasteiger partial charge in [0.2, 0.25) is 5.91 Å². The lowest BCUT2D eigenvalue weighted by Gasteiger charge is -2.15. The summed E-state index contributed by atoms with van der Waals surface area (Å²) in [6.07, 6.45) is 6.44. The number of aromatic nitrogens is 1. The third-order valence-electron chi connectivity index (χ3n) is 4.74. The number of hydrogen-bond donors (Lipinski definition) is 1. The number of hydrogen-bond acceptors (Lipinski definition) is 3. The van der Waals surface area contributed by atoms with Crippen LogP contribution >= 0.6 is 0 Å². The summed E-state index contributed by atoms with van der Waals surface area (Å²) in [5.74, 6) is 0.477. The maximum absolute atomic E-state index is 12.4. The average Bonchev–Trinajstić information content (AvgIpc) is 3.23. The van der Waals surface area contributed by atoms with Gasteiger partial charge in [0, 0.05) is 18.5 Å². The Labute approximate surface area is 140 Å². The minimum atomic E-state index is -0.151. The van der Waals surface area contributed by atoms with Crippen LogP contribution in [0, 0.1) is 0 Å². The van der Waals surface area contributed by atoms with Crippen LogP contribution in [0.2, 0.25) is 0 Å². The van der Waals surface area contributed by atoms with Gasteiger partial charge in [0.15, 0.2) is 0 Å². The van der Waals surface area contributed by atoms with Crippen molar-refractivity contribution in [3.8, 4) is 0 Å². The SMILES string of the molecule is O=C(Nc1ccc(N2CCCC2=O)cn1)c1ccc2c(c1)CCC2. The quantitative estimate of drug-likeness (QED) is 0.945. The van der Waals surface area contributed by atoms with Crippen LogP contribution in [-0.2, 0) is 17.6 Å². The normalized spacial score (nSPS) is 16.3. The molecule has 5 heteroatoms. The van der Waals surface area contributed by atoms with Gasteiger partial charge in [-0.15, -0.1) is 0 Å². The number of carbonyl (C=O) groups excluding carboxylic acids is 2. The molecule has 2 amide bonds. The fourth-order valence-electron chi connectivity index (χ4n) is 3.44. The molecule has 0 spiro atoms. The van der Waals surface area contributed by atoms with E-state index in [0.717, 1.165) is 31.5 Å². The van der Waals surface area contributed by atoms with Gasteiger partial charge >= 0.3 is 0 Å². The molecular weight excluding hydrogens is 302 g/mol. The largest absolute Gasteiger partial charge is 0.311 e. The Morgan fingerprint density at radius 3 is 2.67 bits per heavy atom. The summed E-state index contributed by atoms with van der Waals surface area (Å²) in [5, 5.41) is 2.82. The lowest BCUT2D eigenvalue weighted by molar-refractivity contribution is -0.117. The zero-order valence-corrected chi connectivity index (χ0v) is 13.4. The molecule has 1 N–H and O–H groups in total. The van der Waals surface area contributed by atoms with Gasteiger partial charge in [-0.25, -0.2) is 4.98 Å². The fourth-order valence-corrected chi connectivity index (χ4v) is 3.44. The third-order valence-corrected chi connectivity index (χ3v) is 4.74. The molecule has 2 aromatic rings. The van der Waals surface area contributed by atoms with E-state index in [1.54, 1.807) is 17.2 Å². The molecule has 0 atom stereocenters. The highest BCUT2D eigenvalue weighted by Gasteiger charge is 2.22. The van der Waals surface area contributed by atoms with E-state index in [9.17, 15) is 9.59 Å². The standard InChI is InChI=1S/C19H19N3O2/c23-18-5-2-10-22(18)16-8-9-17(20-12-16)21-19(24)15-7-6-13-3-1-4-14(13)11-15/h6-9,11-12H,1-5,10H2,(H,20,21,24). The first-order chi connectivity index (χ1) is 11.7. The molecule has 4 rings (SSSR count). The minimum Gasteiger partial charge on any atom is -0.311 e. The van der Waals surface area contributed by atoms with Gasteiger partial charge in [0.25, 0.3) is 5.91 Å². The molecule has 1 aliphatic heterocycles. The molecule has 1 aliphatic carbocycles. The number of anilines is 2. The zero-order valence-electron chi connectivity index (χ0n) is 13.4. The summed E-state index contributed by atoms with van der Waals surface area (Å²) in [6.45, 7) is 0.737. The maximum Gasteiger partial charge on any atom is 0.256 e. The Hall–Kier alpha value is -2.69. The van der Waals surface area contributed by atoms with E-state index in [-0.39, 0.29) is 11.8 Å². The predicted molar refractivity (Wildman–Crippen MR) is 92.2 cm³/mol. The van der Waals surface area contributed by atoms with Crippen LogP contribution in [0.25, 0.3) is 0 Å². The van der Waals surface area contributed by atoms with Gasteiger partial charge in [-0.2, -0.15) is 0 Å². The van der Waals surface area contributed by atoms with Crippen LogP contribution in [0.1, 0.15) is 40.7 Å². The molecule has 24 heavy (non-hydrogen) atoms. The highest BCUT2D eigenvalue weighted by molar-refractivity contribution is 6.04. The average molecular weight is 321 g/mol. The molecule has 1 saturated heterocycles. The highest BCUT2D eigenvalue weighted by atomic mass is 16.2. The van der Waals surface area contributed by atoms with Crippen molar-refractivity contribution < 1.29 is 9.59 Å². The monoisotopic (exact) mass is 321 g/mol. The van der Waals surface area contributed by atoms with Crippen molar-refractivity contribution in [1.29, 1.82) is 0 Å². The minimum absolute atomic E-state index is 0.131. The molecule has 1 fully saturated rings. The molecule has 0 bridgehead atoms. The Kier molecular flexibility index (Phi) is 3.76. The van der Waals surface area contributed by atoms with Gasteiger partial charge < -0.3 is 10.2 Å². The fraction of sp³-hybridized carbons (Fsp3) is 0.316. The van der Waals surface area contributed by atoms with E-state index in [1.807, 2.05) is 24.3 Å². The number of rotatable bonds is 3. The zero-order chi connectivity index (χ0) is 16.5. The van der Waals surface area contributed by atoms with Gasteiger partial charge in [0.1, 0.15) is 5.82 Å². The van der Waals surface area contributed by atoms with Gasteiger partial charge in [-0.05, 0) is 61.1 Å². The molecule has 2 heterocycles. The van der Waals surface area contributed by atoms with E-state index < -0.39 is 0 Å². The van der Waals surface area contributed by atoms with Crippen LogP contribution in [0.3, 0.4) is 0 Å². The van der Waals surface area contributed by atoms with Crippen molar-refractivity contribution >= 4 is 23.3 Å². The summed E-state index contributed by atoms with van der Waals surface area (Å²) in [6, 6.07) is 9.47. The molecule has 0 radical (unpaired) electrons. The van der Waals surface area contributed by atoms with Crippen LogP contribution in [0.4, 0.5) is 11.5 Å². The highest BCUT2D eigenvalue weighted by Crippen LogP contribution is 2.24. The van der Waals surface area contributed by atoms with Gasteiger partial charge in [-0.1, -0.05) is 6.07 Å². The topological polar surface area (TPSA) is 62.3 Å². The maximum atomic E-state index is 12.4. The first kappa shape index (κ1) is 14.9. The first-order valence-electron chi connectivity index (χ1n) is 8.40. The van der Waals surface area contributed by atoms with Gasteiger partial charge in [-0.3, -0.25) is 9.59 Å². The van der Waals surface area contributed by atoms with Crippen molar-refractivity contribution in [2.24, 2.45) is 0 Å². The summed E-state index contributed by atoms with van der Waals surface area (Å²) in [7, 11) is 0. The second-order valence-electron chi connectivity index (χ2n) is 6.34. The number of amides is 2. The van der Waals surface area contributed by atoms with Crippen LogP contribution in [-0.4, -0.2) is 23.3 Å². The Morgan fingerprint density at radius 2 is 1.92 bits per heavy atom. The number of pyridine rings is 1. The van der Waals surface area contributed by atoms with E-state index in [2.05, 4.69) is 10.3 Å². The van der Waals surface area contributed by atoms with Crippen LogP contribution in [0.15, 0.2) is 36.5 Å². The van der Waals surface area contributed by atoms with Crippen molar-refractivity contribution in [2.45, 2.75) is 32.1 Å². The van der Waals surface area contributed by atoms with E-state index in [4.69, 9.17) is 0 Å². The first-order valence-corrected chi connectivity index (χ1v) is 8.40. The lowest BCUT2D eigenvalue weighted by Crippen LogP contribution is -2.23. The molecule has 122 valence electrons. The number of aryl methyl sites for hydroxylation is 2. The number of fused-ring (bicyclic) bond motifs is 1. The van der Waals surface area contributed by atoms with Crippen molar-refractivity contribution in [2.75, 3.05) is 16.8 Å². The number of nitrogens with zero attached hydrogens (tertiary/aromatic N) is 2. The van der Waals surface area contributed by atoms with E-state index in [0.29, 0.717) is 17.8 Å². The summed E-state index contributed by atoms with van der Waals surface area (Å²) in [5.41, 5.74) is 4.08. The number of nitrogens with one attached hydrogen (secondary N) is 1. The third kappa shape index (κ3) is 2.77. The van der Waals surface area contributed by atoms with Crippen LogP contribution < -0.4 is 10.2 Å². The van der Waals surface area contributed by atoms with Crippen molar-refractivity contribution in [3.05, 3.63) is 53.2 Å². The summed E-state index contributed by atoms with van der Waals surface area (Å²) >= 11 is 0. The lowest BCUT2D eigenvalue weighted by atomic mass is 10.1. The van der Waals surface area contributed by atoms with E-state index in [1.165, 1.54) is 17.5 Å². The van der Waals surface area contributed by atoms with E-state index >= 15 is 0 Å². The smallest absolute Gasteiger partial charge is 0.256 e. The summed E-state index contributed by atoms with van der Waals surface area (Å²) < 4.78 is 0. The molecule has 2 aliphatic rings. The molecule has 5 nitrogen and oxygen atoms in total. The number of carbonyl (C=O) groups is 2. The number of benzene rings is 1. The molecular formula is C19H19N3O2. The molecule has 0 unspecified atom stereocenters. The van der Waals surface area contributed by atoms with Gasteiger partial charge in [0.05, 0.1) is 11.9 Å². The summed E-state index contributed by atoms with van der Waals surface area (Å²) in [4.78, 5) is 30.1. The van der Waals surface area contributed by atoms with Crippen molar-refractivity contribution in [1.82, 2.24) is 4.98 Å². The Morgan fingerprint density at radius 1 is 1.04 bits per heavy atom. The molecule has 1 aromatic carbocycles. The Balaban J connectivity index is 1.47. The molecule has 1 aromatic heterocycles. The second-order valence-corrected chi connectivity index (χ2v) is 6.34. The van der Waals surface area contributed by atoms with Crippen LogP contribution in [0.5, 0.6) is 0 Å². The molecule has 0 saturated carbocycles. The second kappa shape index (κ2) is 6.07. The predicted octanol–water partition coefficient (Wildman–Crippen LogP) is 2.95. The Bertz CT molecular complexity index is 799.